The minimum Gasteiger partial charge on any atom is -0.344 e. The zero-order valence-electron chi connectivity index (χ0n) is 13.9. The molecular weight excluding hydrogens is 358 g/mol. The number of carbonyl (C=O) groups excluding carboxylic acids is 1. The first-order valence-corrected chi connectivity index (χ1v) is 9.63. The first-order valence-electron chi connectivity index (χ1n) is 8.75. The van der Waals surface area contributed by atoms with Crippen LogP contribution in [0.4, 0.5) is 5.82 Å². The summed E-state index contributed by atoms with van der Waals surface area (Å²) in [5, 5.41) is 6.56. The van der Waals surface area contributed by atoms with E-state index in [1.54, 1.807) is 17.7 Å². The number of anilines is 1. The average Bonchev–Trinajstić information content (AvgIpc) is 3.35. The molecule has 3 atom stereocenters. The SMILES string of the molecule is Cl.O=C(C1CCCN1c1ncnc2sccc12)N1C[C@H]2CNC[C@H]2C1. The lowest BCUT2D eigenvalue weighted by atomic mass is 10.0. The summed E-state index contributed by atoms with van der Waals surface area (Å²) in [6.07, 6.45) is 3.60. The van der Waals surface area contributed by atoms with Gasteiger partial charge in [0.1, 0.15) is 23.0 Å². The van der Waals surface area contributed by atoms with Gasteiger partial charge in [0.05, 0.1) is 5.39 Å². The van der Waals surface area contributed by atoms with Crippen molar-refractivity contribution in [2.75, 3.05) is 37.6 Å². The van der Waals surface area contributed by atoms with E-state index in [-0.39, 0.29) is 18.4 Å². The van der Waals surface area contributed by atoms with Gasteiger partial charge < -0.3 is 15.1 Å². The van der Waals surface area contributed by atoms with Crippen molar-refractivity contribution >= 4 is 45.7 Å². The van der Waals surface area contributed by atoms with Crippen LogP contribution in [0.25, 0.3) is 10.2 Å². The van der Waals surface area contributed by atoms with Gasteiger partial charge in [-0.25, -0.2) is 9.97 Å². The van der Waals surface area contributed by atoms with E-state index in [0.29, 0.717) is 17.7 Å². The molecule has 134 valence electrons. The number of hydrogen-bond acceptors (Lipinski definition) is 6. The second-order valence-corrected chi connectivity index (χ2v) is 8.00. The summed E-state index contributed by atoms with van der Waals surface area (Å²) >= 11 is 1.63. The third-order valence-electron chi connectivity index (χ3n) is 5.75. The smallest absolute Gasteiger partial charge is 0.245 e. The molecule has 3 saturated heterocycles. The second kappa shape index (κ2) is 6.70. The molecule has 1 amide bonds. The molecule has 3 aliphatic rings. The highest BCUT2D eigenvalue weighted by molar-refractivity contribution is 7.16. The third kappa shape index (κ3) is 2.78. The monoisotopic (exact) mass is 379 g/mol. The van der Waals surface area contributed by atoms with E-state index in [1.807, 2.05) is 5.38 Å². The van der Waals surface area contributed by atoms with Crippen LogP contribution in [0.15, 0.2) is 17.8 Å². The number of nitrogens with one attached hydrogen (secondary N) is 1. The van der Waals surface area contributed by atoms with Crippen LogP contribution in [0.1, 0.15) is 12.8 Å². The average molecular weight is 380 g/mol. The van der Waals surface area contributed by atoms with Gasteiger partial charge in [0, 0.05) is 32.7 Å². The first-order chi connectivity index (χ1) is 11.8. The van der Waals surface area contributed by atoms with Crippen LogP contribution >= 0.6 is 23.7 Å². The lowest BCUT2D eigenvalue weighted by Gasteiger charge is -2.29. The van der Waals surface area contributed by atoms with Gasteiger partial charge in [0.2, 0.25) is 5.91 Å². The molecule has 6 nitrogen and oxygen atoms in total. The molecule has 0 saturated carbocycles. The van der Waals surface area contributed by atoms with Crippen molar-refractivity contribution in [2.45, 2.75) is 18.9 Å². The number of nitrogens with zero attached hydrogens (tertiary/aromatic N) is 4. The van der Waals surface area contributed by atoms with E-state index in [4.69, 9.17) is 0 Å². The number of halogens is 1. The standard InChI is InChI=1S/C17H21N5OS.ClH/c23-17(21-8-11-6-18-7-12(11)9-21)14-2-1-4-22(14)15-13-3-5-24-16(13)20-10-19-15;/h3,5,10-12,14,18H,1-2,4,6-9H2;1H/t11-,12+,14?;. The minimum absolute atomic E-state index is 0. The lowest BCUT2D eigenvalue weighted by Crippen LogP contribution is -2.46. The van der Waals surface area contributed by atoms with E-state index < -0.39 is 0 Å². The fourth-order valence-corrected chi connectivity index (χ4v) is 5.26. The van der Waals surface area contributed by atoms with Gasteiger partial charge in [-0.2, -0.15) is 0 Å². The molecule has 8 heteroatoms. The Morgan fingerprint density at radius 1 is 1.24 bits per heavy atom. The summed E-state index contributed by atoms with van der Waals surface area (Å²) in [5.74, 6) is 2.51. The zero-order chi connectivity index (χ0) is 16.1. The molecule has 5 rings (SSSR count). The first kappa shape index (κ1) is 17.0. The van der Waals surface area contributed by atoms with E-state index in [9.17, 15) is 4.79 Å². The van der Waals surface area contributed by atoms with Crippen LogP contribution in [-0.4, -0.2) is 59.5 Å². The summed E-state index contributed by atoms with van der Waals surface area (Å²) in [4.78, 5) is 27.3. The Balaban J connectivity index is 0.00000157. The summed E-state index contributed by atoms with van der Waals surface area (Å²) in [6.45, 7) is 4.85. The second-order valence-electron chi connectivity index (χ2n) is 7.11. The van der Waals surface area contributed by atoms with Crippen LogP contribution in [0, 0.1) is 11.8 Å². The van der Waals surface area contributed by atoms with E-state index >= 15 is 0 Å². The highest BCUT2D eigenvalue weighted by atomic mass is 35.5. The van der Waals surface area contributed by atoms with Gasteiger partial charge >= 0.3 is 0 Å². The summed E-state index contributed by atoms with van der Waals surface area (Å²) in [7, 11) is 0. The normalized spacial score (nSPS) is 28.4. The largest absolute Gasteiger partial charge is 0.344 e. The number of hydrogen-bond donors (Lipinski definition) is 1. The summed E-state index contributed by atoms with van der Waals surface area (Å²) < 4.78 is 0. The molecule has 2 aromatic rings. The number of thiophene rings is 1. The highest BCUT2D eigenvalue weighted by Crippen LogP contribution is 2.34. The third-order valence-corrected chi connectivity index (χ3v) is 6.57. The zero-order valence-corrected chi connectivity index (χ0v) is 15.6. The maximum absolute atomic E-state index is 13.2. The van der Waals surface area contributed by atoms with Gasteiger partial charge in [0.15, 0.2) is 0 Å². The molecular formula is C17H22ClN5OS. The van der Waals surface area contributed by atoms with Crippen LogP contribution in [0.3, 0.4) is 0 Å². The quantitative estimate of drug-likeness (QED) is 0.861. The Morgan fingerprint density at radius 3 is 2.84 bits per heavy atom. The number of likely N-dealkylation sites (tertiary alicyclic amines) is 1. The molecule has 25 heavy (non-hydrogen) atoms. The van der Waals surface area contributed by atoms with E-state index in [0.717, 1.165) is 61.6 Å². The Labute approximate surface area is 157 Å². The van der Waals surface area contributed by atoms with Crippen LogP contribution < -0.4 is 10.2 Å². The van der Waals surface area contributed by atoms with Crippen molar-refractivity contribution in [3.8, 4) is 0 Å². The van der Waals surface area contributed by atoms with Gasteiger partial charge in [-0.3, -0.25) is 4.79 Å². The van der Waals surface area contributed by atoms with Crippen molar-refractivity contribution in [2.24, 2.45) is 11.8 Å². The number of amides is 1. The number of carbonyl (C=O) groups is 1. The van der Waals surface area contributed by atoms with E-state index in [1.165, 1.54) is 0 Å². The van der Waals surface area contributed by atoms with Gasteiger partial charge in [0.25, 0.3) is 0 Å². The molecule has 0 aromatic carbocycles. The Kier molecular flexibility index (Phi) is 4.56. The molecule has 0 bridgehead atoms. The van der Waals surface area contributed by atoms with Crippen molar-refractivity contribution in [1.82, 2.24) is 20.2 Å². The van der Waals surface area contributed by atoms with Crippen LogP contribution in [0.2, 0.25) is 0 Å². The van der Waals surface area contributed by atoms with E-state index in [2.05, 4.69) is 31.2 Å². The molecule has 3 fully saturated rings. The molecule has 1 unspecified atom stereocenters. The van der Waals surface area contributed by atoms with Gasteiger partial charge in [-0.15, -0.1) is 23.7 Å². The Morgan fingerprint density at radius 2 is 2.04 bits per heavy atom. The Hall–Kier alpha value is -1.44. The van der Waals surface area contributed by atoms with Gasteiger partial charge in [-0.05, 0) is 36.1 Å². The van der Waals surface area contributed by atoms with Crippen molar-refractivity contribution in [1.29, 1.82) is 0 Å². The lowest BCUT2D eigenvalue weighted by molar-refractivity contribution is -0.131. The molecule has 5 heterocycles. The summed E-state index contributed by atoms with van der Waals surface area (Å²) in [6, 6.07) is 2.01. The number of rotatable bonds is 2. The fraction of sp³-hybridized carbons (Fsp3) is 0.588. The molecule has 2 aromatic heterocycles. The topological polar surface area (TPSA) is 61.4 Å². The van der Waals surface area contributed by atoms with Crippen LogP contribution in [0.5, 0.6) is 0 Å². The van der Waals surface area contributed by atoms with Crippen molar-refractivity contribution < 1.29 is 4.79 Å². The number of fused-ring (bicyclic) bond motifs is 2. The maximum Gasteiger partial charge on any atom is 0.245 e. The molecule has 0 spiro atoms. The Bertz CT molecular complexity index is 771. The van der Waals surface area contributed by atoms with Gasteiger partial charge in [-0.1, -0.05) is 0 Å². The number of aromatic nitrogens is 2. The predicted molar refractivity (Wildman–Crippen MR) is 101 cm³/mol. The summed E-state index contributed by atoms with van der Waals surface area (Å²) in [5.41, 5.74) is 0. The fourth-order valence-electron chi connectivity index (χ4n) is 4.53. The molecule has 0 radical (unpaired) electrons. The molecule has 1 N–H and O–H groups in total. The maximum atomic E-state index is 13.2. The predicted octanol–water partition coefficient (Wildman–Crippen LogP) is 1.76. The highest BCUT2D eigenvalue weighted by Gasteiger charge is 2.42. The molecule has 0 aliphatic carbocycles. The minimum atomic E-state index is -0.0604. The van der Waals surface area contributed by atoms with Crippen LogP contribution in [-0.2, 0) is 4.79 Å². The van der Waals surface area contributed by atoms with Crippen molar-refractivity contribution in [3.63, 3.8) is 0 Å². The molecule has 3 aliphatic heterocycles. The van der Waals surface area contributed by atoms with Crippen molar-refractivity contribution in [3.05, 3.63) is 17.8 Å².